The van der Waals surface area contributed by atoms with Gasteiger partial charge in [0.1, 0.15) is 11.5 Å². The van der Waals surface area contributed by atoms with Crippen LogP contribution in [-0.4, -0.2) is 10.3 Å². The third-order valence-corrected chi connectivity index (χ3v) is 2.40. The second kappa shape index (κ2) is 4.28. The third kappa shape index (κ3) is 2.25. The van der Waals surface area contributed by atoms with E-state index in [2.05, 4.69) is 24.2 Å². The third-order valence-electron chi connectivity index (χ3n) is 2.40. The summed E-state index contributed by atoms with van der Waals surface area (Å²) in [5, 5.41) is 12.6. The van der Waals surface area contributed by atoms with Crippen molar-refractivity contribution in [1.82, 2.24) is 5.16 Å². The second-order valence-electron chi connectivity index (χ2n) is 3.55. The average Bonchev–Trinajstić information content (AvgIpc) is 2.69. The van der Waals surface area contributed by atoms with Gasteiger partial charge in [0.2, 0.25) is 0 Å². The standard InChI is InChI=1S/C12H13NO2/c1-9-4-2-3-5-10(9)6-12-7-11(8-14)13-15-12/h2-5,7,14H,6,8H2,1H3. The smallest absolute Gasteiger partial charge is 0.141 e. The Kier molecular flexibility index (Phi) is 2.83. The zero-order valence-corrected chi connectivity index (χ0v) is 8.60. The molecule has 0 saturated heterocycles. The van der Waals surface area contributed by atoms with Crippen molar-refractivity contribution in [2.24, 2.45) is 0 Å². The highest BCUT2D eigenvalue weighted by Gasteiger charge is 2.05. The lowest BCUT2D eigenvalue weighted by Crippen LogP contribution is -1.89. The van der Waals surface area contributed by atoms with Gasteiger partial charge in [0.15, 0.2) is 0 Å². The molecule has 1 heterocycles. The maximum atomic E-state index is 8.85. The fourth-order valence-corrected chi connectivity index (χ4v) is 1.51. The Bertz CT molecular complexity index is 448. The molecule has 0 fully saturated rings. The molecule has 0 spiro atoms. The number of aliphatic hydroxyl groups excluding tert-OH is 1. The van der Waals surface area contributed by atoms with Crippen molar-refractivity contribution in [3.8, 4) is 0 Å². The number of benzene rings is 1. The lowest BCUT2D eigenvalue weighted by Gasteiger charge is -2.01. The number of aryl methyl sites for hydroxylation is 1. The molecular formula is C12H13NO2. The van der Waals surface area contributed by atoms with E-state index in [0.29, 0.717) is 5.69 Å². The number of nitrogens with zero attached hydrogens (tertiary/aromatic N) is 1. The molecule has 1 aromatic carbocycles. The normalized spacial score (nSPS) is 10.5. The summed E-state index contributed by atoms with van der Waals surface area (Å²) in [7, 11) is 0. The monoisotopic (exact) mass is 203 g/mol. The lowest BCUT2D eigenvalue weighted by atomic mass is 10.0. The van der Waals surface area contributed by atoms with Crippen LogP contribution < -0.4 is 0 Å². The molecule has 1 aromatic heterocycles. The highest BCUT2D eigenvalue weighted by molar-refractivity contribution is 5.29. The Labute approximate surface area is 88.3 Å². The molecule has 2 aromatic rings. The van der Waals surface area contributed by atoms with Crippen LogP contribution >= 0.6 is 0 Å². The molecule has 0 amide bonds. The van der Waals surface area contributed by atoms with E-state index in [1.54, 1.807) is 6.07 Å². The van der Waals surface area contributed by atoms with Crippen molar-refractivity contribution in [2.75, 3.05) is 0 Å². The molecule has 0 aliphatic rings. The maximum Gasteiger partial charge on any atom is 0.141 e. The molecule has 0 atom stereocenters. The van der Waals surface area contributed by atoms with Crippen molar-refractivity contribution < 1.29 is 9.63 Å². The van der Waals surface area contributed by atoms with Crippen LogP contribution in [0.4, 0.5) is 0 Å². The molecule has 3 nitrogen and oxygen atoms in total. The predicted octanol–water partition coefficient (Wildman–Crippen LogP) is 2.07. The van der Waals surface area contributed by atoms with Crippen LogP contribution in [0.3, 0.4) is 0 Å². The molecule has 0 bridgehead atoms. The fourth-order valence-electron chi connectivity index (χ4n) is 1.51. The molecule has 2 rings (SSSR count). The predicted molar refractivity (Wildman–Crippen MR) is 56.4 cm³/mol. The summed E-state index contributed by atoms with van der Waals surface area (Å²) in [5.74, 6) is 0.786. The summed E-state index contributed by atoms with van der Waals surface area (Å²) in [5.41, 5.74) is 3.04. The number of hydrogen-bond acceptors (Lipinski definition) is 3. The number of aromatic nitrogens is 1. The Balaban J connectivity index is 2.18. The van der Waals surface area contributed by atoms with Crippen LogP contribution in [0.15, 0.2) is 34.9 Å². The molecule has 0 saturated carbocycles. The minimum Gasteiger partial charge on any atom is -0.390 e. The largest absolute Gasteiger partial charge is 0.390 e. The zero-order valence-electron chi connectivity index (χ0n) is 8.60. The summed E-state index contributed by atoms with van der Waals surface area (Å²) in [6, 6.07) is 9.94. The summed E-state index contributed by atoms with van der Waals surface area (Å²) >= 11 is 0. The van der Waals surface area contributed by atoms with Crippen molar-refractivity contribution in [2.45, 2.75) is 20.0 Å². The lowest BCUT2D eigenvalue weighted by molar-refractivity contribution is 0.265. The first-order chi connectivity index (χ1) is 7.29. The SMILES string of the molecule is Cc1ccccc1Cc1cc(CO)no1. The minimum absolute atomic E-state index is 0.0722. The van der Waals surface area contributed by atoms with Crippen molar-refractivity contribution in [1.29, 1.82) is 0 Å². The Morgan fingerprint density at radius 3 is 2.80 bits per heavy atom. The molecule has 0 unspecified atom stereocenters. The van der Waals surface area contributed by atoms with Gasteiger partial charge in [-0.05, 0) is 18.1 Å². The van der Waals surface area contributed by atoms with Crippen molar-refractivity contribution in [3.63, 3.8) is 0 Å². The average molecular weight is 203 g/mol. The van der Waals surface area contributed by atoms with Crippen molar-refractivity contribution >= 4 is 0 Å². The van der Waals surface area contributed by atoms with E-state index in [0.717, 1.165) is 12.2 Å². The maximum absolute atomic E-state index is 8.85. The van der Waals surface area contributed by atoms with Crippen LogP contribution in [0.1, 0.15) is 22.6 Å². The fraction of sp³-hybridized carbons (Fsp3) is 0.250. The van der Waals surface area contributed by atoms with E-state index in [4.69, 9.17) is 9.63 Å². The molecule has 1 N–H and O–H groups in total. The van der Waals surface area contributed by atoms with Crippen LogP contribution in [0.5, 0.6) is 0 Å². The first kappa shape index (κ1) is 9.93. The molecule has 0 aliphatic carbocycles. The minimum atomic E-state index is -0.0722. The van der Waals surface area contributed by atoms with Gasteiger partial charge < -0.3 is 9.63 Å². The molecular weight excluding hydrogens is 190 g/mol. The van der Waals surface area contributed by atoms with Crippen LogP contribution in [0, 0.1) is 6.92 Å². The summed E-state index contributed by atoms with van der Waals surface area (Å²) in [6.07, 6.45) is 0.722. The van der Waals surface area contributed by atoms with E-state index >= 15 is 0 Å². The van der Waals surface area contributed by atoms with Crippen LogP contribution in [0.25, 0.3) is 0 Å². The number of rotatable bonds is 3. The van der Waals surface area contributed by atoms with Gasteiger partial charge >= 0.3 is 0 Å². The molecule has 15 heavy (non-hydrogen) atoms. The Hall–Kier alpha value is -1.61. The highest BCUT2D eigenvalue weighted by Crippen LogP contribution is 2.14. The first-order valence-corrected chi connectivity index (χ1v) is 4.89. The van der Waals surface area contributed by atoms with Gasteiger partial charge in [0, 0.05) is 12.5 Å². The Morgan fingerprint density at radius 1 is 1.33 bits per heavy atom. The van der Waals surface area contributed by atoms with E-state index in [-0.39, 0.29) is 6.61 Å². The summed E-state index contributed by atoms with van der Waals surface area (Å²) in [6.45, 7) is 2.00. The van der Waals surface area contributed by atoms with Gasteiger partial charge in [-0.3, -0.25) is 0 Å². The van der Waals surface area contributed by atoms with Crippen molar-refractivity contribution in [3.05, 3.63) is 52.9 Å². The molecule has 0 aliphatic heterocycles. The number of aliphatic hydroxyl groups is 1. The first-order valence-electron chi connectivity index (χ1n) is 4.89. The van der Waals surface area contributed by atoms with Gasteiger partial charge in [0.05, 0.1) is 6.61 Å². The van der Waals surface area contributed by atoms with E-state index in [9.17, 15) is 0 Å². The number of hydrogen-bond donors (Lipinski definition) is 1. The van der Waals surface area contributed by atoms with Crippen LogP contribution in [-0.2, 0) is 13.0 Å². The Morgan fingerprint density at radius 2 is 2.13 bits per heavy atom. The summed E-state index contributed by atoms with van der Waals surface area (Å²) < 4.78 is 5.10. The van der Waals surface area contributed by atoms with Gasteiger partial charge in [0.25, 0.3) is 0 Å². The van der Waals surface area contributed by atoms with Gasteiger partial charge in [-0.2, -0.15) is 0 Å². The van der Waals surface area contributed by atoms with E-state index in [1.165, 1.54) is 11.1 Å². The molecule has 78 valence electrons. The quantitative estimate of drug-likeness (QED) is 0.830. The van der Waals surface area contributed by atoms with Crippen LogP contribution in [0.2, 0.25) is 0 Å². The van der Waals surface area contributed by atoms with E-state index < -0.39 is 0 Å². The zero-order chi connectivity index (χ0) is 10.7. The molecule has 0 radical (unpaired) electrons. The summed E-state index contributed by atoms with van der Waals surface area (Å²) in [4.78, 5) is 0. The van der Waals surface area contributed by atoms with E-state index in [1.807, 2.05) is 12.1 Å². The topological polar surface area (TPSA) is 46.3 Å². The van der Waals surface area contributed by atoms with Gasteiger partial charge in [-0.25, -0.2) is 0 Å². The molecule has 3 heteroatoms. The van der Waals surface area contributed by atoms with Gasteiger partial charge in [-0.15, -0.1) is 0 Å². The van der Waals surface area contributed by atoms with Gasteiger partial charge in [-0.1, -0.05) is 29.4 Å². The second-order valence-corrected chi connectivity index (χ2v) is 3.55. The highest BCUT2D eigenvalue weighted by atomic mass is 16.5.